The van der Waals surface area contributed by atoms with Crippen molar-refractivity contribution in [3.8, 4) is 0 Å². The number of hydrogen-bond acceptors (Lipinski definition) is 3. The molecule has 4 nitrogen and oxygen atoms in total. The summed E-state index contributed by atoms with van der Waals surface area (Å²) in [7, 11) is 0. The molecule has 0 aliphatic rings. The summed E-state index contributed by atoms with van der Waals surface area (Å²) in [6.07, 6.45) is 19.5. The minimum atomic E-state index is -0.757. The smallest absolute Gasteiger partial charge is 0.229 e. The van der Waals surface area contributed by atoms with Crippen molar-refractivity contribution in [1.82, 2.24) is 0 Å². The van der Waals surface area contributed by atoms with E-state index in [-0.39, 0.29) is 6.54 Å². The van der Waals surface area contributed by atoms with Crippen LogP contribution in [0.15, 0.2) is 0 Å². The molecule has 0 rings (SSSR count). The van der Waals surface area contributed by atoms with Crippen LogP contribution in [0.25, 0.3) is 0 Å². The van der Waals surface area contributed by atoms with Crippen LogP contribution in [0.3, 0.4) is 0 Å². The molecule has 1 atom stereocenters. The lowest BCUT2D eigenvalue weighted by Crippen LogP contribution is -2.18. The first-order chi connectivity index (χ1) is 11.2. The van der Waals surface area contributed by atoms with Gasteiger partial charge in [0.2, 0.25) is 6.54 Å². The summed E-state index contributed by atoms with van der Waals surface area (Å²) in [4.78, 5) is 9.78. The first-order valence-electron chi connectivity index (χ1n) is 9.96. The maximum atomic E-state index is 10.2. The fraction of sp³-hybridized carbons (Fsp3) is 1.00. The standard InChI is InChI=1S/C19H39NO3/c1-2-3-4-5-6-7-8-9-10-11-12-13-14-15-16-17-19(21)18-20(22)23/h19,21H,2-18H2,1H3. The van der Waals surface area contributed by atoms with Crippen molar-refractivity contribution in [2.75, 3.05) is 6.54 Å². The van der Waals surface area contributed by atoms with Crippen molar-refractivity contribution >= 4 is 0 Å². The van der Waals surface area contributed by atoms with Crippen LogP contribution in [0.2, 0.25) is 0 Å². The van der Waals surface area contributed by atoms with E-state index in [1.807, 2.05) is 0 Å². The lowest BCUT2D eigenvalue weighted by Gasteiger charge is -2.06. The normalized spacial score (nSPS) is 12.4. The molecule has 0 spiro atoms. The van der Waals surface area contributed by atoms with Crippen LogP contribution < -0.4 is 0 Å². The molecule has 1 N–H and O–H groups in total. The molecule has 0 radical (unpaired) electrons. The van der Waals surface area contributed by atoms with Gasteiger partial charge in [-0.3, -0.25) is 10.1 Å². The lowest BCUT2D eigenvalue weighted by atomic mass is 10.0. The fourth-order valence-corrected chi connectivity index (χ4v) is 3.01. The third kappa shape index (κ3) is 19.3. The Morgan fingerprint density at radius 2 is 1.09 bits per heavy atom. The molecule has 0 aromatic carbocycles. The molecule has 0 aliphatic carbocycles. The third-order valence-electron chi connectivity index (χ3n) is 4.50. The number of hydrogen-bond donors (Lipinski definition) is 1. The zero-order valence-electron chi connectivity index (χ0n) is 15.3. The van der Waals surface area contributed by atoms with Crippen molar-refractivity contribution in [3.05, 3.63) is 10.1 Å². The molecule has 0 saturated heterocycles. The van der Waals surface area contributed by atoms with Crippen molar-refractivity contribution in [3.63, 3.8) is 0 Å². The van der Waals surface area contributed by atoms with Crippen molar-refractivity contribution in [2.45, 2.75) is 116 Å². The first-order valence-corrected chi connectivity index (χ1v) is 9.96. The molecule has 0 aromatic rings. The molecule has 138 valence electrons. The van der Waals surface area contributed by atoms with E-state index in [1.165, 1.54) is 83.5 Å². The van der Waals surface area contributed by atoms with Crippen molar-refractivity contribution < 1.29 is 10.0 Å². The van der Waals surface area contributed by atoms with Gasteiger partial charge in [-0.1, -0.05) is 103 Å². The highest BCUT2D eigenvalue weighted by Gasteiger charge is 2.10. The van der Waals surface area contributed by atoms with Gasteiger partial charge in [-0.15, -0.1) is 0 Å². The van der Waals surface area contributed by atoms with E-state index in [0.717, 1.165) is 12.8 Å². The van der Waals surface area contributed by atoms with Gasteiger partial charge in [0.05, 0.1) is 0 Å². The van der Waals surface area contributed by atoms with E-state index in [0.29, 0.717) is 6.42 Å². The predicted octanol–water partition coefficient (Wildman–Crippen LogP) is 5.89. The monoisotopic (exact) mass is 329 g/mol. The highest BCUT2D eigenvalue weighted by Crippen LogP contribution is 2.14. The molecule has 0 bridgehead atoms. The Kier molecular flexibility index (Phi) is 17.2. The number of nitrogens with zero attached hydrogens (tertiary/aromatic N) is 1. The Hall–Kier alpha value is -0.640. The summed E-state index contributed by atoms with van der Waals surface area (Å²) in [5.74, 6) is 0. The van der Waals surface area contributed by atoms with Gasteiger partial charge in [0, 0.05) is 4.92 Å². The van der Waals surface area contributed by atoms with Gasteiger partial charge in [0.1, 0.15) is 6.10 Å². The molecular formula is C19H39NO3. The number of aliphatic hydroxyl groups is 1. The zero-order chi connectivity index (χ0) is 17.2. The van der Waals surface area contributed by atoms with E-state index in [2.05, 4.69) is 6.92 Å². The summed E-state index contributed by atoms with van der Waals surface area (Å²) in [6.45, 7) is 1.96. The molecule has 0 fully saturated rings. The molecule has 0 aromatic heterocycles. The maximum Gasteiger partial charge on any atom is 0.229 e. The van der Waals surface area contributed by atoms with E-state index >= 15 is 0 Å². The molecule has 0 heterocycles. The van der Waals surface area contributed by atoms with E-state index in [4.69, 9.17) is 0 Å². The number of rotatable bonds is 18. The highest BCUT2D eigenvalue weighted by molar-refractivity contribution is 4.54. The fourth-order valence-electron chi connectivity index (χ4n) is 3.01. The Bertz CT molecular complexity index is 259. The summed E-state index contributed by atoms with van der Waals surface area (Å²) < 4.78 is 0. The zero-order valence-corrected chi connectivity index (χ0v) is 15.3. The third-order valence-corrected chi connectivity index (χ3v) is 4.50. The van der Waals surface area contributed by atoms with Crippen LogP contribution >= 0.6 is 0 Å². The van der Waals surface area contributed by atoms with Crippen molar-refractivity contribution in [2.24, 2.45) is 0 Å². The van der Waals surface area contributed by atoms with Gasteiger partial charge in [0.25, 0.3) is 0 Å². The topological polar surface area (TPSA) is 63.4 Å². The summed E-state index contributed by atoms with van der Waals surface area (Å²) in [6, 6.07) is 0. The Morgan fingerprint density at radius 3 is 1.43 bits per heavy atom. The quantitative estimate of drug-likeness (QED) is 0.194. The Balaban J connectivity index is 3.06. The second-order valence-corrected chi connectivity index (χ2v) is 6.91. The van der Waals surface area contributed by atoms with Gasteiger partial charge >= 0.3 is 0 Å². The summed E-state index contributed by atoms with van der Waals surface area (Å²) >= 11 is 0. The van der Waals surface area contributed by atoms with Gasteiger partial charge < -0.3 is 5.11 Å². The minimum Gasteiger partial charge on any atom is -0.386 e. The first kappa shape index (κ1) is 22.4. The minimum absolute atomic E-state index is 0.307. The van der Waals surface area contributed by atoms with Gasteiger partial charge in [-0.25, -0.2) is 0 Å². The molecule has 23 heavy (non-hydrogen) atoms. The van der Waals surface area contributed by atoms with Crippen molar-refractivity contribution in [1.29, 1.82) is 0 Å². The van der Waals surface area contributed by atoms with Crippen LogP contribution in [0, 0.1) is 10.1 Å². The summed E-state index contributed by atoms with van der Waals surface area (Å²) in [5.41, 5.74) is 0. The maximum absolute atomic E-state index is 10.2. The summed E-state index contributed by atoms with van der Waals surface area (Å²) in [5, 5.41) is 19.6. The van der Waals surface area contributed by atoms with Crippen LogP contribution in [0.4, 0.5) is 0 Å². The van der Waals surface area contributed by atoms with Gasteiger partial charge in [-0.2, -0.15) is 0 Å². The number of unbranched alkanes of at least 4 members (excludes halogenated alkanes) is 14. The molecule has 4 heteroatoms. The molecule has 0 saturated carbocycles. The van der Waals surface area contributed by atoms with E-state index < -0.39 is 11.0 Å². The van der Waals surface area contributed by atoms with Crippen LogP contribution in [-0.4, -0.2) is 22.7 Å². The van der Waals surface area contributed by atoms with E-state index in [1.54, 1.807) is 0 Å². The number of aliphatic hydroxyl groups excluding tert-OH is 1. The van der Waals surface area contributed by atoms with Gasteiger partial charge in [0.15, 0.2) is 0 Å². The average Bonchev–Trinajstić information content (AvgIpc) is 2.50. The lowest BCUT2D eigenvalue weighted by molar-refractivity contribution is -0.490. The molecule has 1 unspecified atom stereocenters. The Morgan fingerprint density at radius 1 is 0.739 bits per heavy atom. The Labute approximate surface area is 143 Å². The largest absolute Gasteiger partial charge is 0.386 e. The second kappa shape index (κ2) is 17.7. The SMILES string of the molecule is CCCCCCCCCCCCCCCCCC(O)C[N+](=O)[O-]. The van der Waals surface area contributed by atoms with Gasteiger partial charge in [-0.05, 0) is 6.42 Å². The predicted molar refractivity (Wildman–Crippen MR) is 97.4 cm³/mol. The van der Waals surface area contributed by atoms with Crippen LogP contribution in [-0.2, 0) is 0 Å². The molecule has 0 amide bonds. The molecular weight excluding hydrogens is 290 g/mol. The molecule has 0 aliphatic heterocycles. The number of nitro groups is 1. The van der Waals surface area contributed by atoms with Crippen LogP contribution in [0.1, 0.15) is 110 Å². The average molecular weight is 330 g/mol. The highest BCUT2D eigenvalue weighted by atomic mass is 16.6. The van der Waals surface area contributed by atoms with E-state index in [9.17, 15) is 15.2 Å². The second-order valence-electron chi connectivity index (χ2n) is 6.91. The van der Waals surface area contributed by atoms with Crippen LogP contribution in [0.5, 0.6) is 0 Å².